The largest absolute Gasteiger partial charge is 0.480 e. The van der Waals surface area contributed by atoms with Gasteiger partial charge in [0.05, 0.1) is 0 Å². The van der Waals surface area contributed by atoms with Crippen LogP contribution >= 0.6 is 0 Å². The molecule has 0 unspecified atom stereocenters. The van der Waals surface area contributed by atoms with Gasteiger partial charge in [-0.1, -0.05) is 40.0 Å². The maximum atomic E-state index is 10.9. The van der Waals surface area contributed by atoms with Crippen LogP contribution in [0.15, 0.2) is 0 Å². The zero-order valence-corrected chi connectivity index (χ0v) is 10.3. The molecule has 0 bridgehead atoms. The fourth-order valence-electron chi connectivity index (χ4n) is 1.57. The second-order valence-electron chi connectivity index (χ2n) is 4.54. The quantitative estimate of drug-likeness (QED) is 0.581. The number of rotatable bonds is 9. The Morgan fingerprint density at radius 2 is 1.93 bits per heavy atom. The van der Waals surface area contributed by atoms with Gasteiger partial charge in [0.15, 0.2) is 0 Å². The Bertz CT molecular complexity index is 169. The van der Waals surface area contributed by atoms with Crippen LogP contribution in [-0.2, 0) is 4.79 Å². The topological polar surface area (TPSA) is 49.3 Å². The van der Waals surface area contributed by atoms with Crippen molar-refractivity contribution in [1.82, 2.24) is 5.32 Å². The summed E-state index contributed by atoms with van der Waals surface area (Å²) in [6, 6.07) is -0.369. The molecule has 3 heteroatoms. The average Bonchev–Trinajstić information content (AvgIpc) is 2.15. The fourth-order valence-corrected chi connectivity index (χ4v) is 1.57. The van der Waals surface area contributed by atoms with Gasteiger partial charge in [-0.2, -0.15) is 0 Å². The molecule has 1 atom stereocenters. The van der Waals surface area contributed by atoms with Crippen LogP contribution in [-0.4, -0.2) is 23.7 Å². The molecule has 0 amide bonds. The molecule has 0 aromatic heterocycles. The molecule has 2 N–H and O–H groups in total. The molecule has 0 aliphatic rings. The summed E-state index contributed by atoms with van der Waals surface area (Å²) in [7, 11) is 0. The number of hydrogen-bond acceptors (Lipinski definition) is 2. The maximum absolute atomic E-state index is 10.9. The number of unbranched alkanes of at least 4 members (excludes halogenated alkanes) is 3. The van der Waals surface area contributed by atoms with Crippen molar-refractivity contribution in [2.75, 3.05) is 6.54 Å². The van der Waals surface area contributed by atoms with Gasteiger partial charge in [0, 0.05) is 0 Å². The lowest BCUT2D eigenvalue weighted by Crippen LogP contribution is -2.38. The van der Waals surface area contributed by atoms with Crippen LogP contribution in [0.4, 0.5) is 0 Å². The Kier molecular flexibility index (Phi) is 8.38. The van der Waals surface area contributed by atoms with E-state index in [1.807, 2.05) is 0 Å². The molecule has 0 aliphatic carbocycles. The standard InChI is InChI=1S/C12H25NO2/c1-4-5-6-7-8-13-11(12(14)15)9-10(2)3/h10-11,13H,4-9H2,1-3H3,(H,14,15)/t11-/m1/s1. The zero-order valence-electron chi connectivity index (χ0n) is 10.3. The Morgan fingerprint density at radius 3 is 2.40 bits per heavy atom. The third-order valence-electron chi connectivity index (χ3n) is 2.43. The molecule has 3 nitrogen and oxygen atoms in total. The van der Waals surface area contributed by atoms with Gasteiger partial charge in [0.1, 0.15) is 6.04 Å². The molecule has 0 aromatic carbocycles. The highest BCUT2D eigenvalue weighted by Gasteiger charge is 2.17. The van der Waals surface area contributed by atoms with Crippen LogP contribution in [0.25, 0.3) is 0 Å². The number of carbonyl (C=O) groups is 1. The smallest absolute Gasteiger partial charge is 0.320 e. The van der Waals surface area contributed by atoms with Crippen molar-refractivity contribution >= 4 is 5.97 Å². The van der Waals surface area contributed by atoms with Gasteiger partial charge in [0.25, 0.3) is 0 Å². The lowest BCUT2D eigenvalue weighted by molar-refractivity contribution is -0.139. The normalized spacial score (nSPS) is 13.1. The minimum absolute atomic E-state index is 0.369. The molecule has 15 heavy (non-hydrogen) atoms. The maximum Gasteiger partial charge on any atom is 0.320 e. The monoisotopic (exact) mass is 215 g/mol. The van der Waals surface area contributed by atoms with Crippen LogP contribution in [0, 0.1) is 5.92 Å². The molecule has 0 rings (SSSR count). The van der Waals surface area contributed by atoms with Crippen molar-refractivity contribution < 1.29 is 9.90 Å². The van der Waals surface area contributed by atoms with E-state index in [1.165, 1.54) is 19.3 Å². The first kappa shape index (κ1) is 14.4. The van der Waals surface area contributed by atoms with Gasteiger partial charge in [-0.05, 0) is 25.3 Å². The highest BCUT2D eigenvalue weighted by Crippen LogP contribution is 2.05. The third kappa shape index (κ3) is 8.43. The van der Waals surface area contributed by atoms with E-state index in [-0.39, 0.29) is 6.04 Å². The fraction of sp³-hybridized carbons (Fsp3) is 0.917. The lowest BCUT2D eigenvalue weighted by atomic mass is 10.0. The van der Waals surface area contributed by atoms with E-state index in [2.05, 4.69) is 26.1 Å². The van der Waals surface area contributed by atoms with E-state index in [9.17, 15) is 4.79 Å². The molecule has 0 radical (unpaired) electrons. The third-order valence-corrected chi connectivity index (χ3v) is 2.43. The van der Waals surface area contributed by atoms with Crippen molar-refractivity contribution in [1.29, 1.82) is 0 Å². The van der Waals surface area contributed by atoms with E-state index < -0.39 is 5.97 Å². The molecule has 0 saturated heterocycles. The van der Waals surface area contributed by atoms with Gasteiger partial charge in [-0.15, -0.1) is 0 Å². The number of hydrogen-bond donors (Lipinski definition) is 2. The summed E-state index contributed by atoms with van der Waals surface area (Å²) >= 11 is 0. The van der Waals surface area contributed by atoms with E-state index >= 15 is 0 Å². The number of nitrogens with one attached hydrogen (secondary N) is 1. The molecule has 0 fully saturated rings. The van der Waals surface area contributed by atoms with Crippen molar-refractivity contribution in [3.8, 4) is 0 Å². The van der Waals surface area contributed by atoms with Crippen LogP contribution in [0.2, 0.25) is 0 Å². The van der Waals surface area contributed by atoms with Gasteiger partial charge >= 0.3 is 5.97 Å². The Hall–Kier alpha value is -0.570. The van der Waals surface area contributed by atoms with E-state index in [4.69, 9.17) is 5.11 Å². The van der Waals surface area contributed by atoms with E-state index in [1.54, 1.807) is 0 Å². The van der Waals surface area contributed by atoms with Crippen LogP contribution in [0.5, 0.6) is 0 Å². The first-order valence-corrected chi connectivity index (χ1v) is 6.04. The number of carboxylic acid groups (broad SMARTS) is 1. The van der Waals surface area contributed by atoms with Gasteiger partial charge < -0.3 is 10.4 Å². The molecule has 0 aliphatic heterocycles. The van der Waals surface area contributed by atoms with Crippen LogP contribution < -0.4 is 5.32 Å². The minimum atomic E-state index is -0.723. The lowest BCUT2D eigenvalue weighted by Gasteiger charge is -2.16. The molecule has 0 heterocycles. The minimum Gasteiger partial charge on any atom is -0.480 e. The predicted octanol–water partition coefficient (Wildman–Crippen LogP) is 2.66. The zero-order chi connectivity index (χ0) is 11.7. The summed E-state index contributed by atoms with van der Waals surface area (Å²) in [6.45, 7) is 7.10. The highest BCUT2D eigenvalue weighted by molar-refractivity contribution is 5.73. The molecule has 90 valence electrons. The van der Waals surface area contributed by atoms with Crippen LogP contribution in [0.1, 0.15) is 52.9 Å². The second-order valence-corrected chi connectivity index (χ2v) is 4.54. The molecular formula is C12H25NO2. The van der Waals surface area contributed by atoms with E-state index in [0.717, 1.165) is 13.0 Å². The van der Waals surface area contributed by atoms with Gasteiger partial charge in [-0.25, -0.2) is 0 Å². The highest BCUT2D eigenvalue weighted by atomic mass is 16.4. The SMILES string of the molecule is CCCCCCN[C@H](CC(C)C)C(=O)O. The van der Waals surface area contributed by atoms with Crippen molar-refractivity contribution in [2.24, 2.45) is 5.92 Å². The summed E-state index contributed by atoms with van der Waals surface area (Å²) in [6.07, 6.45) is 5.44. The Balaban J connectivity index is 3.62. The van der Waals surface area contributed by atoms with Gasteiger partial charge in [-0.3, -0.25) is 4.79 Å². The van der Waals surface area contributed by atoms with E-state index in [0.29, 0.717) is 12.3 Å². The second kappa shape index (κ2) is 8.72. The van der Waals surface area contributed by atoms with Crippen molar-refractivity contribution in [3.63, 3.8) is 0 Å². The summed E-state index contributed by atoms with van der Waals surface area (Å²) in [5, 5.41) is 12.1. The summed E-state index contributed by atoms with van der Waals surface area (Å²) in [5.41, 5.74) is 0. The van der Waals surface area contributed by atoms with Gasteiger partial charge in [0.2, 0.25) is 0 Å². The summed E-state index contributed by atoms with van der Waals surface area (Å²) < 4.78 is 0. The Labute approximate surface area is 93.3 Å². The average molecular weight is 215 g/mol. The first-order valence-electron chi connectivity index (χ1n) is 6.04. The molecular weight excluding hydrogens is 190 g/mol. The first-order chi connectivity index (χ1) is 7.07. The summed E-state index contributed by atoms with van der Waals surface area (Å²) in [4.78, 5) is 10.9. The Morgan fingerprint density at radius 1 is 1.27 bits per heavy atom. The summed E-state index contributed by atoms with van der Waals surface area (Å²) in [5.74, 6) is -0.298. The van der Waals surface area contributed by atoms with Crippen LogP contribution in [0.3, 0.4) is 0 Å². The predicted molar refractivity (Wildman–Crippen MR) is 63.0 cm³/mol. The number of aliphatic carboxylic acids is 1. The molecule has 0 saturated carbocycles. The molecule has 0 aromatic rings. The van der Waals surface area contributed by atoms with Crippen molar-refractivity contribution in [3.05, 3.63) is 0 Å². The number of carboxylic acids is 1. The molecule has 0 spiro atoms. The van der Waals surface area contributed by atoms with Crippen molar-refractivity contribution in [2.45, 2.75) is 58.9 Å².